The topological polar surface area (TPSA) is 89.4 Å². The van der Waals surface area contributed by atoms with Crippen LogP contribution in [0.4, 0.5) is 18.0 Å². The van der Waals surface area contributed by atoms with Crippen molar-refractivity contribution in [1.82, 2.24) is 4.90 Å². The van der Waals surface area contributed by atoms with E-state index >= 15 is 0 Å². The summed E-state index contributed by atoms with van der Waals surface area (Å²) in [4.78, 5) is 24.6. The first-order valence-corrected chi connectivity index (χ1v) is 7.84. The van der Waals surface area contributed by atoms with Gasteiger partial charge in [-0.3, -0.25) is 4.79 Å². The molecule has 0 aliphatic carbocycles. The zero-order valence-electron chi connectivity index (χ0n) is 13.6. The predicted octanol–water partition coefficient (Wildman–Crippen LogP) is 2.83. The summed E-state index contributed by atoms with van der Waals surface area (Å²) < 4.78 is 39.2. The van der Waals surface area contributed by atoms with Gasteiger partial charge >= 0.3 is 12.2 Å². The maximum atomic E-state index is 13.1. The summed E-state index contributed by atoms with van der Waals surface area (Å²) in [7, 11) is 0. The maximum absolute atomic E-state index is 13.1. The van der Waals surface area contributed by atoms with Crippen LogP contribution in [0.15, 0.2) is 42.5 Å². The van der Waals surface area contributed by atoms with E-state index in [9.17, 15) is 22.8 Å². The molecule has 1 unspecified atom stereocenters. The fraction of sp³-hybridized carbons (Fsp3) is 0.222. The molecule has 0 saturated heterocycles. The molecule has 1 aliphatic heterocycles. The summed E-state index contributed by atoms with van der Waals surface area (Å²) >= 11 is 0. The van der Waals surface area contributed by atoms with Gasteiger partial charge in [0, 0.05) is 12.1 Å². The molecule has 0 bridgehead atoms. The third-order valence-electron chi connectivity index (χ3n) is 4.47. The number of rotatable bonds is 2. The first-order valence-electron chi connectivity index (χ1n) is 7.84. The van der Waals surface area contributed by atoms with Crippen molar-refractivity contribution in [3.8, 4) is 0 Å². The third kappa shape index (κ3) is 3.22. The second-order valence-electron chi connectivity index (χ2n) is 6.09. The van der Waals surface area contributed by atoms with Gasteiger partial charge in [-0.25, -0.2) is 4.79 Å². The Morgan fingerprint density at radius 2 is 1.81 bits per heavy atom. The number of hydrogen-bond donors (Lipinski definition) is 2. The van der Waals surface area contributed by atoms with Gasteiger partial charge < -0.3 is 16.4 Å². The SMILES string of the molecule is NC(=O)c1ccc2c(c1)CCN(C(N)=O)C2c1cccc(C(F)(F)F)c1. The van der Waals surface area contributed by atoms with E-state index in [1.54, 1.807) is 12.1 Å². The molecular weight excluding hydrogens is 347 g/mol. The summed E-state index contributed by atoms with van der Waals surface area (Å²) in [6.07, 6.45) is -4.07. The van der Waals surface area contributed by atoms with E-state index in [0.717, 1.165) is 17.7 Å². The standard InChI is InChI=1S/C18H16F3N3O2/c19-18(20,21)13-3-1-2-11(9-13)15-14-5-4-12(16(22)25)8-10(14)6-7-24(15)17(23)26/h1-5,8-9,15H,6-7H2,(H2,22,25)(H2,23,26). The van der Waals surface area contributed by atoms with Gasteiger partial charge in [0.25, 0.3) is 0 Å². The van der Waals surface area contributed by atoms with E-state index < -0.39 is 29.7 Å². The molecule has 5 nitrogen and oxygen atoms in total. The molecule has 8 heteroatoms. The average Bonchev–Trinajstić information content (AvgIpc) is 2.59. The molecule has 0 fully saturated rings. The van der Waals surface area contributed by atoms with E-state index in [2.05, 4.69) is 0 Å². The molecule has 2 aromatic rings. The second kappa shape index (κ2) is 6.36. The summed E-state index contributed by atoms with van der Waals surface area (Å²) in [5.74, 6) is -0.597. The molecular formula is C18H16F3N3O2. The van der Waals surface area contributed by atoms with Crippen LogP contribution in [0.1, 0.15) is 38.7 Å². The summed E-state index contributed by atoms with van der Waals surface area (Å²) in [5.41, 5.74) is 11.9. The number of urea groups is 1. The normalized spacial score (nSPS) is 16.9. The average molecular weight is 363 g/mol. The van der Waals surface area contributed by atoms with Crippen molar-refractivity contribution in [1.29, 1.82) is 0 Å². The number of carbonyl (C=O) groups is 2. The molecule has 4 N–H and O–H groups in total. The Bertz CT molecular complexity index is 880. The van der Waals surface area contributed by atoms with E-state index in [1.807, 2.05) is 0 Å². The van der Waals surface area contributed by atoms with Crippen LogP contribution in [-0.2, 0) is 12.6 Å². The number of halogens is 3. The highest BCUT2D eigenvalue weighted by molar-refractivity contribution is 5.93. The predicted molar refractivity (Wildman–Crippen MR) is 88.2 cm³/mol. The molecule has 0 aromatic heterocycles. The molecule has 1 aliphatic rings. The fourth-order valence-electron chi connectivity index (χ4n) is 3.26. The number of benzene rings is 2. The highest BCUT2D eigenvalue weighted by Gasteiger charge is 2.35. The van der Waals surface area contributed by atoms with Crippen molar-refractivity contribution in [3.05, 3.63) is 70.3 Å². The molecule has 136 valence electrons. The van der Waals surface area contributed by atoms with Crippen molar-refractivity contribution in [2.75, 3.05) is 6.54 Å². The number of primary amides is 2. The minimum atomic E-state index is -4.50. The zero-order valence-corrected chi connectivity index (χ0v) is 13.6. The highest BCUT2D eigenvalue weighted by atomic mass is 19.4. The molecule has 0 saturated carbocycles. The van der Waals surface area contributed by atoms with Crippen LogP contribution < -0.4 is 11.5 Å². The van der Waals surface area contributed by atoms with Gasteiger partial charge in [0.2, 0.25) is 5.91 Å². The number of fused-ring (bicyclic) bond motifs is 1. The largest absolute Gasteiger partial charge is 0.416 e. The van der Waals surface area contributed by atoms with Crippen LogP contribution in [0, 0.1) is 0 Å². The lowest BCUT2D eigenvalue weighted by Gasteiger charge is -2.37. The van der Waals surface area contributed by atoms with Gasteiger partial charge in [-0.05, 0) is 47.4 Å². The molecule has 0 spiro atoms. The van der Waals surface area contributed by atoms with Gasteiger partial charge in [-0.15, -0.1) is 0 Å². The molecule has 1 atom stereocenters. The molecule has 0 radical (unpaired) electrons. The minimum Gasteiger partial charge on any atom is -0.366 e. The number of alkyl halides is 3. The highest BCUT2D eigenvalue weighted by Crippen LogP contribution is 2.38. The zero-order chi connectivity index (χ0) is 19.1. The van der Waals surface area contributed by atoms with Crippen LogP contribution >= 0.6 is 0 Å². The number of amides is 3. The molecule has 1 heterocycles. The van der Waals surface area contributed by atoms with Crippen molar-refractivity contribution in [3.63, 3.8) is 0 Å². The van der Waals surface area contributed by atoms with Crippen LogP contribution in [0.5, 0.6) is 0 Å². The van der Waals surface area contributed by atoms with E-state index in [4.69, 9.17) is 11.5 Å². The fourth-order valence-corrected chi connectivity index (χ4v) is 3.26. The van der Waals surface area contributed by atoms with Crippen molar-refractivity contribution >= 4 is 11.9 Å². The lowest BCUT2D eigenvalue weighted by atomic mass is 9.86. The van der Waals surface area contributed by atoms with Gasteiger partial charge in [-0.2, -0.15) is 13.2 Å². The Morgan fingerprint density at radius 1 is 1.08 bits per heavy atom. The van der Waals surface area contributed by atoms with Gasteiger partial charge in [-0.1, -0.05) is 18.2 Å². The Balaban J connectivity index is 2.14. The molecule has 3 rings (SSSR count). The van der Waals surface area contributed by atoms with Crippen LogP contribution in [-0.4, -0.2) is 23.4 Å². The Morgan fingerprint density at radius 3 is 2.42 bits per heavy atom. The molecule has 26 heavy (non-hydrogen) atoms. The quantitative estimate of drug-likeness (QED) is 0.859. The van der Waals surface area contributed by atoms with E-state index in [0.29, 0.717) is 23.1 Å². The monoisotopic (exact) mass is 363 g/mol. The smallest absolute Gasteiger partial charge is 0.366 e. The second-order valence-corrected chi connectivity index (χ2v) is 6.09. The van der Waals surface area contributed by atoms with Crippen molar-refractivity contribution < 1.29 is 22.8 Å². The maximum Gasteiger partial charge on any atom is 0.416 e. The van der Waals surface area contributed by atoms with Crippen molar-refractivity contribution in [2.45, 2.75) is 18.6 Å². The lowest BCUT2D eigenvalue weighted by molar-refractivity contribution is -0.137. The Kier molecular flexibility index (Phi) is 4.35. The summed E-state index contributed by atoms with van der Waals surface area (Å²) in [6.45, 7) is 0.228. The van der Waals surface area contributed by atoms with Gasteiger partial charge in [0.1, 0.15) is 0 Å². The van der Waals surface area contributed by atoms with Crippen LogP contribution in [0.25, 0.3) is 0 Å². The number of hydrogen-bond acceptors (Lipinski definition) is 2. The first kappa shape index (κ1) is 17.8. The Hall–Kier alpha value is -3.03. The van der Waals surface area contributed by atoms with Gasteiger partial charge in [0.15, 0.2) is 0 Å². The molecule has 3 amide bonds. The van der Waals surface area contributed by atoms with Crippen molar-refractivity contribution in [2.24, 2.45) is 11.5 Å². The van der Waals surface area contributed by atoms with E-state index in [-0.39, 0.29) is 6.54 Å². The third-order valence-corrected chi connectivity index (χ3v) is 4.47. The number of nitrogens with zero attached hydrogens (tertiary/aromatic N) is 1. The summed E-state index contributed by atoms with van der Waals surface area (Å²) in [5, 5.41) is 0. The number of carbonyl (C=O) groups excluding carboxylic acids is 2. The van der Waals surface area contributed by atoms with Crippen LogP contribution in [0.2, 0.25) is 0 Å². The minimum absolute atomic E-state index is 0.228. The summed E-state index contributed by atoms with van der Waals surface area (Å²) in [6, 6.07) is 8.02. The van der Waals surface area contributed by atoms with E-state index in [1.165, 1.54) is 23.1 Å². The van der Waals surface area contributed by atoms with Crippen LogP contribution in [0.3, 0.4) is 0 Å². The number of nitrogens with two attached hydrogens (primary N) is 2. The Labute approximate surface area is 147 Å². The first-order chi connectivity index (χ1) is 12.2. The van der Waals surface area contributed by atoms with Gasteiger partial charge in [0.05, 0.1) is 11.6 Å². The lowest BCUT2D eigenvalue weighted by Crippen LogP contribution is -2.43. The molecule has 2 aromatic carbocycles.